The van der Waals surface area contributed by atoms with E-state index in [1.807, 2.05) is 57.7 Å². The minimum atomic E-state index is -0.879. The predicted octanol–water partition coefficient (Wildman–Crippen LogP) is 2.78. The summed E-state index contributed by atoms with van der Waals surface area (Å²) in [5, 5.41) is 10.1. The zero-order valence-electron chi connectivity index (χ0n) is 20.9. The van der Waals surface area contributed by atoms with E-state index in [-0.39, 0.29) is 35.6 Å². The molecule has 0 bridgehead atoms. The normalized spacial score (nSPS) is 35.7. The number of carbonyl (C=O) groups excluding carboxylic acids is 3. The van der Waals surface area contributed by atoms with Crippen molar-refractivity contribution in [1.82, 2.24) is 9.80 Å². The maximum absolute atomic E-state index is 14.2. The second kappa shape index (κ2) is 9.34. The van der Waals surface area contributed by atoms with E-state index in [2.05, 4.69) is 6.08 Å². The van der Waals surface area contributed by atoms with Crippen LogP contribution in [0, 0.1) is 17.8 Å². The summed E-state index contributed by atoms with van der Waals surface area (Å²) in [6, 6.07) is -1.26. The van der Waals surface area contributed by atoms with Crippen LogP contribution in [-0.2, 0) is 19.1 Å². The Morgan fingerprint density at radius 2 is 1.94 bits per heavy atom. The first-order valence-electron chi connectivity index (χ1n) is 12.5. The zero-order valence-corrected chi connectivity index (χ0v) is 21.7. The van der Waals surface area contributed by atoms with Crippen LogP contribution >= 0.6 is 11.8 Å². The van der Waals surface area contributed by atoms with E-state index in [0.29, 0.717) is 19.6 Å². The molecule has 6 atom stereocenters. The van der Waals surface area contributed by atoms with Crippen molar-refractivity contribution in [3.05, 3.63) is 24.3 Å². The van der Waals surface area contributed by atoms with E-state index in [9.17, 15) is 19.5 Å². The lowest BCUT2D eigenvalue weighted by Gasteiger charge is -2.42. The minimum absolute atomic E-state index is 0.119. The molecular weight excluding hydrogens is 452 g/mol. The summed E-state index contributed by atoms with van der Waals surface area (Å²) in [6.07, 6.45) is 10.2. The van der Waals surface area contributed by atoms with Gasteiger partial charge in [-0.3, -0.25) is 14.4 Å². The molecule has 2 saturated heterocycles. The lowest BCUT2D eigenvalue weighted by atomic mass is 9.78. The van der Waals surface area contributed by atoms with Crippen LogP contribution < -0.4 is 0 Å². The molecule has 1 spiro atoms. The molecule has 2 fully saturated rings. The van der Waals surface area contributed by atoms with Crippen LogP contribution in [0.3, 0.4) is 0 Å². The van der Waals surface area contributed by atoms with Gasteiger partial charge in [0, 0.05) is 17.3 Å². The van der Waals surface area contributed by atoms with Gasteiger partial charge in [0.25, 0.3) is 0 Å². The molecule has 0 aromatic heterocycles. The molecule has 8 heteroatoms. The first-order valence-corrected chi connectivity index (χ1v) is 13.3. The van der Waals surface area contributed by atoms with Gasteiger partial charge < -0.3 is 19.6 Å². The fourth-order valence-electron chi connectivity index (χ4n) is 6.01. The van der Waals surface area contributed by atoms with Crippen molar-refractivity contribution in [3.63, 3.8) is 0 Å². The number of likely N-dealkylation sites (tertiary alicyclic amines) is 1. The largest absolute Gasteiger partial charge is 0.465 e. The molecule has 0 aliphatic carbocycles. The quantitative estimate of drug-likeness (QED) is 0.482. The standard InChI is InChI=1S/C26H38N2O5S/c1-16(2)14-17(15-29)28-21-23(31)27(25(3,4)5)12-9-11-26(21)20(22(28)30)19-18(34-26)10-7-6-8-13-33-24(19)32/h7,9-11,16-21,29H,6,8,12-15H2,1-5H3/b10-7-/t17-,18+,19-,20+,21?,26+/m1/s1. The predicted molar refractivity (Wildman–Crippen MR) is 132 cm³/mol. The minimum Gasteiger partial charge on any atom is -0.465 e. The average Bonchev–Trinajstić information content (AvgIpc) is 3.16. The Morgan fingerprint density at radius 3 is 2.59 bits per heavy atom. The average molecular weight is 491 g/mol. The molecular formula is C26H38N2O5S. The molecule has 1 unspecified atom stereocenters. The van der Waals surface area contributed by atoms with Gasteiger partial charge in [0.1, 0.15) is 6.04 Å². The molecule has 0 saturated carbocycles. The number of aliphatic hydroxyl groups excluding tert-OH is 1. The molecule has 7 nitrogen and oxygen atoms in total. The summed E-state index contributed by atoms with van der Waals surface area (Å²) in [5.74, 6) is -1.83. The number of ether oxygens (including phenoxy) is 1. The first kappa shape index (κ1) is 25.3. The summed E-state index contributed by atoms with van der Waals surface area (Å²) < 4.78 is 4.72. The Balaban J connectivity index is 1.87. The molecule has 4 heterocycles. The van der Waals surface area contributed by atoms with Crippen LogP contribution in [0.2, 0.25) is 0 Å². The number of amides is 2. The Bertz CT molecular complexity index is 894. The van der Waals surface area contributed by atoms with Crippen molar-refractivity contribution < 1.29 is 24.2 Å². The van der Waals surface area contributed by atoms with Crippen LogP contribution in [0.25, 0.3) is 0 Å². The smallest absolute Gasteiger partial charge is 0.311 e. The fraction of sp³-hybridized carbons (Fsp3) is 0.731. The number of hydrogen-bond donors (Lipinski definition) is 1. The second-order valence-electron chi connectivity index (χ2n) is 11.3. The summed E-state index contributed by atoms with van der Waals surface area (Å²) in [4.78, 5) is 45.1. The van der Waals surface area contributed by atoms with Crippen molar-refractivity contribution in [2.45, 2.75) is 81.5 Å². The molecule has 0 aromatic carbocycles. The van der Waals surface area contributed by atoms with Crippen molar-refractivity contribution in [3.8, 4) is 0 Å². The van der Waals surface area contributed by atoms with Crippen LogP contribution in [-0.4, -0.2) is 80.1 Å². The molecule has 0 aromatic rings. The number of aliphatic hydroxyl groups is 1. The van der Waals surface area contributed by atoms with E-state index in [0.717, 1.165) is 12.8 Å². The van der Waals surface area contributed by atoms with Gasteiger partial charge in [-0.25, -0.2) is 0 Å². The van der Waals surface area contributed by atoms with Gasteiger partial charge in [-0.15, -0.1) is 11.8 Å². The highest BCUT2D eigenvalue weighted by Gasteiger charge is 2.72. The van der Waals surface area contributed by atoms with E-state index in [1.165, 1.54) is 0 Å². The Kier molecular flexibility index (Phi) is 6.95. The third kappa shape index (κ3) is 4.11. The highest BCUT2D eigenvalue weighted by atomic mass is 32.2. The molecule has 4 aliphatic heterocycles. The van der Waals surface area contributed by atoms with Gasteiger partial charge in [0.05, 0.1) is 35.8 Å². The maximum Gasteiger partial charge on any atom is 0.311 e. The summed E-state index contributed by atoms with van der Waals surface area (Å²) in [7, 11) is 0. The number of nitrogens with zero attached hydrogens (tertiary/aromatic N) is 2. The number of fused-ring (bicyclic) bond motifs is 2. The van der Waals surface area contributed by atoms with Crippen LogP contribution in [0.15, 0.2) is 24.3 Å². The molecule has 0 radical (unpaired) electrons. The Labute approximate surface area is 206 Å². The zero-order chi connectivity index (χ0) is 24.8. The van der Waals surface area contributed by atoms with Crippen molar-refractivity contribution in [2.75, 3.05) is 19.8 Å². The molecule has 1 N–H and O–H groups in total. The van der Waals surface area contributed by atoms with Crippen molar-refractivity contribution in [1.29, 1.82) is 0 Å². The molecule has 188 valence electrons. The number of allylic oxidation sites excluding steroid dienone is 1. The van der Waals surface area contributed by atoms with Gasteiger partial charge in [0.2, 0.25) is 11.8 Å². The van der Waals surface area contributed by atoms with Crippen molar-refractivity contribution in [2.24, 2.45) is 17.8 Å². The number of esters is 1. The summed E-state index contributed by atoms with van der Waals surface area (Å²) in [6.45, 7) is 10.6. The maximum atomic E-state index is 14.2. The van der Waals surface area contributed by atoms with Gasteiger partial charge in [0.15, 0.2) is 0 Å². The molecule has 34 heavy (non-hydrogen) atoms. The third-order valence-corrected chi connectivity index (χ3v) is 9.19. The first-order chi connectivity index (χ1) is 16.0. The second-order valence-corrected chi connectivity index (χ2v) is 12.8. The van der Waals surface area contributed by atoms with Crippen LogP contribution in [0.4, 0.5) is 0 Å². The highest BCUT2D eigenvalue weighted by molar-refractivity contribution is 8.02. The third-order valence-electron chi connectivity index (χ3n) is 7.45. The number of cyclic esters (lactones) is 1. The molecule has 4 aliphatic rings. The number of carbonyl (C=O) groups is 3. The lowest BCUT2D eigenvalue weighted by molar-refractivity contribution is -0.154. The number of rotatable bonds is 4. The van der Waals surface area contributed by atoms with Gasteiger partial charge >= 0.3 is 5.97 Å². The molecule has 2 amide bonds. The van der Waals surface area contributed by atoms with E-state index >= 15 is 0 Å². The lowest BCUT2D eigenvalue weighted by Crippen LogP contribution is -2.59. The van der Waals surface area contributed by atoms with Crippen LogP contribution in [0.5, 0.6) is 0 Å². The Hall–Kier alpha value is -1.80. The van der Waals surface area contributed by atoms with Crippen molar-refractivity contribution >= 4 is 29.5 Å². The van der Waals surface area contributed by atoms with E-state index in [1.54, 1.807) is 16.7 Å². The van der Waals surface area contributed by atoms with Gasteiger partial charge in [-0.1, -0.05) is 38.2 Å². The van der Waals surface area contributed by atoms with Gasteiger partial charge in [-0.2, -0.15) is 0 Å². The Morgan fingerprint density at radius 1 is 1.21 bits per heavy atom. The summed E-state index contributed by atoms with van der Waals surface area (Å²) in [5.41, 5.74) is -0.436. The number of hydrogen-bond acceptors (Lipinski definition) is 6. The summed E-state index contributed by atoms with van der Waals surface area (Å²) >= 11 is 1.55. The fourth-order valence-corrected chi connectivity index (χ4v) is 8.00. The van der Waals surface area contributed by atoms with Gasteiger partial charge in [-0.05, 0) is 46.0 Å². The highest BCUT2D eigenvalue weighted by Crippen LogP contribution is 2.61. The SMILES string of the molecule is CC(C)C[C@H](CO)N1C(=O)[C@@H]2[C@@H]3C(=O)OCCC/C=C\[C@@H]3S[C@@]23C=CCN(C(C)(C)C)C(=O)C13. The number of thioether (sulfide) groups is 1. The molecule has 4 rings (SSSR count). The van der Waals surface area contributed by atoms with E-state index in [4.69, 9.17) is 4.74 Å². The topological polar surface area (TPSA) is 87.2 Å². The van der Waals surface area contributed by atoms with Crippen LogP contribution in [0.1, 0.15) is 53.9 Å². The van der Waals surface area contributed by atoms with E-state index < -0.39 is 34.2 Å². The monoisotopic (exact) mass is 490 g/mol.